The Kier molecular flexibility index (Phi) is 7.10. The van der Waals surface area contributed by atoms with Crippen LogP contribution in [0.4, 0.5) is 0 Å². The van der Waals surface area contributed by atoms with E-state index in [1.807, 2.05) is 0 Å². The monoisotopic (exact) mass is 324 g/mol. The number of benzene rings is 2. The minimum atomic E-state index is -0.393. The predicted octanol–water partition coefficient (Wildman–Crippen LogP) is 3.98. The van der Waals surface area contributed by atoms with Gasteiger partial charge in [-0.25, -0.2) is 0 Å². The second kappa shape index (κ2) is 9.07. The molecule has 2 atom stereocenters. The van der Waals surface area contributed by atoms with Gasteiger partial charge in [0.25, 0.3) is 0 Å². The average molecular weight is 325 g/mol. The van der Waals surface area contributed by atoms with E-state index in [0.717, 1.165) is 11.8 Å². The Hall–Kier alpha value is -1.34. The second-order valence-corrected chi connectivity index (χ2v) is 9.03. The summed E-state index contributed by atoms with van der Waals surface area (Å²) < 4.78 is 0. The van der Waals surface area contributed by atoms with Crippen molar-refractivity contribution < 1.29 is 0 Å². The van der Waals surface area contributed by atoms with Crippen LogP contribution in [-0.2, 0) is 12.8 Å². The molecule has 0 amide bonds. The van der Waals surface area contributed by atoms with Crippen LogP contribution in [0, 0.1) is 11.8 Å². The van der Waals surface area contributed by atoms with Gasteiger partial charge in [0.15, 0.2) is 0 Å². The van der Waals surface area contributed by atoms with Crippen molar-refractivity contribution >= 4 is 19.9 Å². The molecule has 2 rings (SSSR count). The van der Waals surface area contributed by atoms with Gasteiger partial charge in [0, 0.05) is 0 Å². The Labute approximate surface area is 145 Å². The third kappa shape index (κ3) is 5.35. The van der Waals surface area contributed by atoms with Crippen molar-refractivity contribution in [3.05, 3.63) is 59.7 Å². The molecule has 0 saturated carbocycles. The molecule has 0 saturated heterocycles. The maximum absolute atomic E-state index is 2.38. The molecular formula is C22H32Si. The van der Waals surface area contributed by atoms with E-state index in [1.165, 1.54) is 25.7 Å². The molecule has 124 valence electrons. The van der Waals surface area contributed by atoms with E-state index in [-0.39, 0.29) is 0 Å². The van der Waals surface area contributed by atoms with Crippen molar-refractivity contribution in [2.75, 3.05) is 0 Å². The van der Waals surface area contributed by atoms with Crippen LogP contribution in [-0.4, -0.2) is 9.52 Å². The summed E-state index contributed by atoms with van der Waals surface area (Å²) in [5, 5.41) is 3.29. The van der Waals surface area contributed by atoms with Crippen LogP contribution < -0.4 is 10.4 Å². The van der Waals surface area contributed by atoms with Crippen LogP contribution >= 0.6 is 0 Å². The highest BCUT2D eigenvalue weighted by Crippen LogP contribution is 2.11. The molecule has 0 aromatic heterocycles. The van der Waals surface area contributed by atoms with Gasteiger partial charge in [-0.1, -0.05) is 99.4 Å². The fourth-order valence-corrected chi connectivity index (χ4v) is 5.00. The summed E-state index contributed by atoms with van der Waals surface area (Å²) in [4.78, 5) is 0. The maximum atomic E-state index is 2.38. The lowest BCUT2D eigenvalue weighted by Gasteiger charge is -2.16. The van der Waals surface area contributed by atoms with E-state index >= 15 is 0 Å². The molecule has 1 heteroatoms. The highest BCUT2D eigenvalue weighted by atomic mass is 28.2. The van der Waals surface area contributed by atoms with Crippen LogP contribution in [0.3, 0.4) is 0 Å². The minimum Gasteiger partial charge on any atom is -0.0651 e. The van der Waals surface area contributed by atoms with Crippen LogP contribution in [0.2, 0.25) is 0 Å². The van der Waals surface area contributed by atoms with Gasteiger partial charge in [0.05, 0.1) is 9.52 Å². The van der Waals surface area contributed by atoms with Crippen molar-refractivity contribution in [1.82, 2.24) is 0 Å². The normalized spacial score (nSPS) is 14.3. The minimum absolute atomic E-state index is 0.393. The maximum Gasteiger partial charge on any atom is 0.0882 e. The lowest BCUT2D eigenvalue weighted by molar-refractivity contribution is 0.561. The van der Waals surface area contributed by atoms with Gasteiger partial charge in [-0.15, -0.1) is 0 Å². The topological polar surface area (TPSA) is 0 Å². The number of hydrogen-bond donors (Lipinski definition) is 0. The summed E-state index contributed by atoms with van der Waals surface area (Å²) in [6, 6.07) is 18.3. The standard InChI is InChI=1S/C22H32Si/c1-5-17(3)15-19-11-7-9-13-21(19)23-22-14-10-8-12-20(22)16-18(4)6-2/h7-14,17-18H,5-6,15-16,23H2,1-4H3. The molecule has 2 aromatic rings. The molecule has 23 heavy (non-hydrogen) atoms. The SMILES string of the molecule is CCC(C)Cc1ccccc1[SiH2]c1ccccc1CC(C)CC. The summed E-state index contributed by atoms with van der Waals surface area (Å²) in [5.41, 5.74) is 3.18. The van der Waals surface area contributed by atoms with Crippen LogP contribution in [0.1, 0.15) is 51.7 Å². The second-order valence-electron chi connectivity index (χ2n) is 7.15. The molecule has 0 radical (unpaired) electrons. The van der Waals surface area contributed by atoms with Crippen molar-refractivity contribution in [2.24, 2.45) is 11.8 Å². The summed E-state index contributed by atoms with van der Waals surface area (Å²) in [6.45, 7) is 9.34. The van der Waals surface area contributed by atoms with Crippen molar-refractivity contribution in [3.8, 4) is 0 Å². The fraction of sp³-hybridized carbons (Fsp3) is 0.455. The van der Waals surface area contributed by atoms with E-state index in [9.17, 15) is 0 Å². The highest BCUT2D eigenvalue weighted by molar-refractivity contribution is 6.68. The lowest BCUT2D eigenvalue weighted by Crippen LogP contribution is -2.33. The first-order valence-electron chi connectivity index (χ1n) is 9.27. The molecule has 0 fully saturated rings. The average Bonchev–Trinajstić information content (AvgIpc) is 2.58. The number of rotatable bonds is 8. The first-order chi connectivity index (χ1) is 11.1. The zero-order valence-corrected chi connectivity index (χ0v) is 16.7. The highest BCUT2D eigenvalue weighted by Gasteiger charge is 2.11. The Balaban J connectivity index is 2.22. The van der Waals surface area contributed by atoms with Crippen LogP contribution in [0.25, 0.3) is 0 Å². The molecule has 2 unspecified atom stereocenters. The zero-order chi connectivity index (χ0) is 16.7. The van der Waals surface area contributed by atoms with Gasteiger partial charge in [-0.05, 0) is 35.8 Å². The van der Waals surface area contributed by atoms with Gasteiger partial charge in [-0.2, -0.15) is 0 Å². The van der Waals surface area contributed by atoms with Crippen molar-refractivity contribution in [2.45, 2.75) is 53.4 Å². The van der Waals surface area contributed by atoms with Crippen LogP contribution in [0.15, 0.2) is 48.5 Å². The number of hydrogen-bond acceptors (Lipinski definition) is 0. The van der Waals surface area contributed by atoms with E-state index in [4.69, 9.17) is 0 Å². The molecule has 0 nitrogen and oxygen atoms in total. The first kappa shape index (κ1) is 18.0. The molecule has 0 N–H and O–H groups in total. The van der Waals surface area contributed by atoms with Gasteiger partial charge in [-0.3, -0.25) is 0 Å². The predicted molar refractivity (Wildman–Crippen MR) is 107 cm³/mol. The lowest BCUT2D eigenvalue weighted by atomic mass is 9.99. The molecule has 0 aliphatic heterocycles. The smallest absolute Gasteiger partial charge is 0.0651 e. The van der Waals surface area contributed by atoms with Gasteiger partial charge in [0.1, 0.15) is 0 Å². The molecular weight excluding hydrogens is 292 g/mol. The van der Waals surface area contributed by atoms with Crippen molar-refractivity contribution in [3.63, 3.8) is 0 Å². The van der Waals surface area contributed by atoms with Gasteiger partial charge < -0.3 is 0 Å². The fourth-order valence-electron chi connectivity index (χ4n) is 3.10. The summed E-state index contributed by atoms with van der Waals surface area (Å²) in [7, 11) is -0.393. The third-order valence-corrected chi connectivity index (χ3v) is 7.29. The largest absolute Gasteiger partial charge is 0.0882 e. The summed E-state index contributed by atoms with van der Waals surface area (Å²) in [6.07, 6.45) is 4.99. The zero-order valence-electron chi connectivity index (χ0n) is 15.3. The Morgan fingerprint density at radius 2 is 1.09 bits per heavy atom. The van der Waals surface area contributed by atoms with Gasteiger partial charge in [0.2, 0.25) is 0 Å². The van der Waals surface area contributed by atoms with E-state index in [0.29, 0.717) is 0 Å². The first-order valence-corrected chi connectivity index (χ1v) is 10.7. The summed E-state index contributed by atoms with van der Waals surface area (Å²) >= 11 is 0. The molecule has 2 aromatic carbocycles. The quantitative estimate of drug-likeness (QED) is 0.644. The summed E-state index contributed by atoms with van der Waals surface area (Å²) in [5.74, 6) is 1.56. The Bertz CT molecular complexity index is 549. The molecule has 0 heterocycles. The van der Waals surface area contributed by atoms with Gasteiger partial charge >= 0.3 is 0 Å². The third-order valence-electron chi connectivity index (χ3n) is 5.15. The van der Waals surface area contributed by atoms with Crippen molar-refractivity contribution in [1.29, 1.82) is 0 Å². The molecule has 0 aliphatic carbocycles. The molecule has 0 bridgehead atoms. The Morgan fingerprint density at radius 3 is 1.48 bits per heavy atom. The molecule has 0 spiro atoms. The van der Waals surface area contributed by atoms with E-state index in [2.05, 4.69) is 76.2 Å². The van der Waals surface area contributed by atoms with E-state index in [1.54, 1.807) is 21.5 Å². The van der Waals surface area contributed by atoms with Crippen LogP contribution in [0.5, 0.6) is 0 Å². The van der Waals surface area contributed by atoms with E-state index < -0.39 is 9.52 Å². The molecule has 0 aliphatic rings. The Morgan fingerprint density at radius 1 is 0.696 bits per heavy atom.